The molecule has 0 radical (unpaired) electrons. The standard InChI is InChI=1S/C16H13FN4O/c17-11-6-13-12(14(18)7-11)3-5-20-15(13)16(22)21-9-10-2-1-4-19-8-10/h1-8H,9,18H2,(H,21,22). The van der Waals surface area contributed by atoms with Crippen molar-refractivity contribution >= 4 is 22.4 Å². The molecule has 3 rings (SSSR count). The lowest BCUT2D eigenvalue weighted by Gasteiger charge is -2.09. The van der Waals surface area contributed by atoms with Crippen LogP contribution in [-0.2, 0) is 6.54 Å². The molecule has 22 heavy (non-hydrogen) atoms. The van der Waals surface area contributed by atoms with Crippen LogP contribution in [0.5, 0.6) is 0 Å². The van der Waals surface area contributed by atoms with E-state index < -0.39 is 5.82 Å². The van der Waals surface area contributed by atoms with Gasteiger partial charge in [0, 0.05) is 41.6 Å². The van der Waals surface area contributed by atoms with Crippen molar-refractivity contribution in [3.05, 3.63) is 66.0 Å². The van der Waals surface area contributed by atoms with Gasteiger partial charge in [-0.15, -0.1) is 0 Å². The second-order valence-electron chi connectivity index (χ2n) is 4.79. The molecule has 2 heterocycles. The first kappa shape index (κ1) is 13.9. The minimum absolute atomic E-state index is 0.146. The Morgan fingerprint density at radius 1 is 1.23 bits per heavy atom. The lowest BCUT2D eigenvalue weighted by molar-refractivity contribution is 0.0948. The number of pyridine rings is 2. The van der Waals surface area contributed by atoms with Crippen molar-refractivity contribution in [2.24, 2.45) is 0 Å². The number of amides is 1. The Bertz CT molecular complexity index is 836. The second-order valence-corrected chi connectivity index (χ2v) is 4.79. The van der Waals surface area contributed by atoms with Crippen LogP contribution in [0.4, 0.5) is 10.1 Å². The Labute approximate surface area is 126 Å². The number of halogens is 1. The summed E-state index contributed by atoms with van der Waals surface area (Å²) < 4.78 is 13.5. The van der Waals surface area contributed by atoms with E-state index in [1.165, 1.54) is 18.3 Å². The number of rotatable bonds is 3. The molecular weight excluding hydrogens is 283 g/mol. The third-order valence-electron chi connectivity index (χ3n) is 3.27. The summed E-state index contributed by atoms with van der Waals surface area (Å²) >= 11 is 0. The molecule has 0 saturated carbocycles. The third kappa shape index (κ3) is 2.71. The average Bonchev–Trinajstić information content (AvgIpc) is 2.53. The number of nitrogens with zero attached hydrogens (tertiary/aromatic N) is 2. The summed E-state index contributed by atoms with van der Waals surface area (Å²) in [6.45, 7) is 0.315. The van der Waals surface area contributed by atoms with Crippen LogP contribution in [0.1, 0.15) is 16.1 Å². The van der Waals surface area contributed by atoms with Crippen LogP contribution in [-0.4, -0.2) is 15.9 Å². The Morgan fingerprint density at radius 2 is 2.09 bits per heavy atom. The molecule has 0 aliphatic carbocycles. The zero-order chi connectivity index (χ0) is 15.5. The van der Waals surface area contributed by atoms with Crippen molar-refractivity contribution in [2.75, 3.05) is 5.73 Å². The SMILES string of the molecule is Nc1cc(F)cc2c(C(=O)NCc3cccnc3)nccc12. The molecule has 2 aromatic heterocycles. The zero-order valence-electron chi connectivity index (χ0n) is 11.6. The number of carbonyl (C=O) groups excluding carboxylic acids is 1. The van der Waals surface area contributed by atoms with Gasteiger partial charge in [-0.05, 0) is 29.8 Å². The van der Waals surface area contributed by atoms with Gasteiger partial charge in [-0.25, -0.2) is 4.39 Å². The third-order valence-corrected chi connectivity index (χ3v) is 3.27. The van der Waals surface area contributed by atoms with E-state index in [-0.39, 0.29) is 17.3 Å². The average molecular weight is 296 g/mol. The summed E-state index contributed by atoms with van der Waals surface area (Å²) in [5, 5.41) is 3.73. The van der Waals surface area contributed by atoms with Crippen LogP contribution in [0.15, 0.2) is 48.9 Å². The van der Waals surface area contributed by atoms with Gasteiger partial charge in [0.05, 0.1) is 0 Å². The van der Waals surface area contributed by atoms with Crippen molar-refractivity contribution < 1.29 is 9.18 Å². The molecule has 0 fully saturated rings. The topological polar surface area (TPSA) is 80.9 Å². The molecular formula is C16H13FN4O. The summed E-state index contributed by atoms with van der Waals surface area (Å²) in [5.41, 5.74) is 7.07. The van der Waals surface area contributed by atoms with Crippen LogP contribution in [0.25, 0.3) is 10.8 Å². The van der Waals surface area contributed by atoms with Gasteiger partial charge in [0.2, 0.25) is 0 Å². The summed E-state index contributed by atoms with van der Waals surface area (Å²) in [4.78, 5) is 20.3. The van der Waals surface area contributed by atoms with Crippen molar-refractivity contribution in [3.63, 3.8) is 0 Å². The fourth-order valence-corrected chi connectivity index (χ4v) is 2.23. The maximum atomic E-state index is 13.5. The molecule has 3 N–H and O–H groups in total. The number of fused-ring (bicyclic) bond motifs is 1. The largest absolute Gasteiger partial charge is 0.398 e. The minimum Gasteiger partial charge on any atom is -0.398 e. The molecule has 0 spiro atoms. The maximum Gasteiger partial charge on any atom is 0.270 e. The second kappa shape index (κ2) is 5.77. The zero-order valence-corrected chi connectivity index (χ0v) is 11.6. The van der Waals surface area contributed by atoms with Gasteiger partial charge in [-0.3, -0.25) is 14.8 Å². The van der Waals surface area contributed by atoms with Crippen LogP contribution < -0.4 is 11.1 Å². The molecule has 0 aliphatic heterocycles. The number of aromatic nitrogens is 2. The Hall–Kier alpha value is -3.02. The first-order valence-electron chi connectivity index (χ1n) is 6.66. The van der Waals surface area contributed by atoms with Gasteiger partial charge in [0.15, 0.2) is 0 Å². The van der Waals surface area contributed by atoms with Crippen molar-refractivity contribution in [1.29, 1.82) is 0 Å². The minimum atomic E-state index is -0.501. The number of nitrogens with one attached hydrogen (secondary N) is 1. The molecule has 5 nitrogen and oxygen atoms in total. The number of benzene rings is 1. The van der Waals surface area contributed by atoms with E-state index in [4.69, 9.17) is 5.73 Å². The molecule has 0 saturated heterocycles. The molecule has 3 aromatic rings. The quantitative estimate of drug-likeness (QED) is 0.727. The Kier molecular flexibility index (Phi) is 3.65. The molecule has 0 aliphatic rings. The van der Waals surface area contributed by atoms with Gasteiger partial charge in [-0.1, -0.05) is 6.07 Å². The van der Waals surface area contributed by atoms with Gasteiger partial charge < -0.3 is 11.1 Å². The van der Waals surface area contributed by atoms with Crippen LogP contribution >= 0.6 is 0 Å². The fraction of sp³-hybridized carbons (Fsp3) is 0.0625. The van der Waals surface area contributed by atoms with Crippen molar-refractivity contribution in [2.45, 2.75) is 6.54 Å². The number of nitrogens with two attached hydrogens (primary N) is 1. The van der Waals surface area contributed by atoms with E-state index in [1.807, 2.05) is 6.07 Å². The molecule has 0 bridgehead atoms. The van der Waals surface area contributed by atoms with E-state index in [0.717, 1.165) is 5.56 Å². The van der Waals surface area contributed by atoms with E-state index >= 15 is 0 Å². The Balaban J connectivity index is 1.91. The number of hydrogen-bond acceptors (Lipinski definition) is 4. The molecule has 0 atom stereocenters. The first-order valence-corrected chi connectivity index (χ1v) is 6.66. The molecule has 1 amide bonds. The summed E-state index contributed by atoms with van der Waals surface area (Å²) in [7, 11) is 0. The van der Waals surface area contributed by atoms with Gasteiger partial charge >= 0.3 is 0 Å². The van der Waals surface area contributed by atoms with Crippen molar-refractivity contribution in [1.82, 2.24) is 15.3 Å². The highest BCUT2D eigenvalue weighted by molar-refractivity contribution is 6.07. The van der Waals surface area contributed by atoms with Gasteiger partial charge in [0.1, 0.15) is 11.5 Å². The number of hydrogen-bond donors (Lipinski definition) is 2. The van der Waals surface area contributed by atoms with Gasteiger partial charge in [0.25, 0.3) is 5.91 Å². The first-order chi connectivity index (χ1) is 10.6. The number of carbonyl (C=O) groups is 1. The van der Waals surface area contributed by atoms with Gasteiger partial charge in [-0.2, -0.15) is 0 Å². The van der Waals surface area contributed by atoms with E-state index in [1.54, 1.807) is 24.5 Å². The molecule has 0 unspecified atom stereocenters. The monoisotopic (exact) mass is 296 g/mol. The van der Waals surface area contributed by atoms with Crippen molar-refractivity contribution in [3.8, 4) is 0 Å². The summed E-state index contributed by atoms with van der Waals surface area (Å²) in [6.07, 6.45) is 4.80. The lowest BCUT2D eigenvalue weighted by Crippen LogP contribution is -2.24. The predicted octanol–water partition coefficient (Wildman–Crippen LogP) is 2.28. The normalized spacial score (nSPS) is 10.6. The smallest absolute Gasteiger partial charge is 0.270 e. The molecule has 110 valence electrons. The maximum absolute atomic E-state index is 13.5. The highest BCUT2D eigenvalue weighted by Gasteiger charge is 2.13. The summed E-state index contributed by atoms with van der Waals surface area (Å²) in [5.74, 6) is -0.890. The number of anilines is 1. The molecule has 6 heteroatoms. The van der Waals surface area contributed by atoms with E-state index in [9.17, 15) is 9.18 Å². The van der Waals surface area contributed by atoms with E-state index in [2.05, 4.69) is 15.3 Å². The lowest BCUT2D eigenvalue weighted by atomic mass is 10.1. The predicted molar refractivity (Wildman–Crippen MR) is 81.5 cm³/mol. The fourth-order valence-electron chi connectivity index (χ4n) is 2.23. The summed E-state index contributed by atoms with van der Waals surface area (Å²) in [6, 6.07) is 7.77. The molecule has 1 aromatic carbocycles. The number of nitrogen functional groups attached to an aromatic ring is 1. The van der Waals surface area contributed by atoms with Crippen LogP contribution in [0.2, 0.25) is 0 Å². The Morgan fingerprint density at radius 3 is 2.86 bits per heavy atom. The van der Waals surface area contributed by atoms with Crippen LogP contribution in [0.3, 0.4) is 0 Å². The highest BCUT2D eigenvalue weighted by Crippen LogP contribution is 2.24. The van der Waals surface area contributed by atoms with Crippen LogP contribution in [0, 0.1) is 5.82 Å². The highest BCUT2D eigenvalue weighted by atomic mass is 19.1. The van der Waals surface area contributed by atoms with E-state index in [0.29, 0.717) is 17.3 Å².